The third-order valence-corrected chi connectivity index (χ3v) is 4.17. The van der Waals surface area contributed by atoms with Crippen LogP contribution in [0, 0.1) is 13.8 Å². The molecule has 0 amide bonds. The molecule has 2 nitrogen and oxygen atoms in total. The van der Waals surface area contributed by atoms with E-state index in [0.717, 1.165) is 12.4 Å². The van der Waals surface area contributed by atoms with Gasteiger partial charge in [0.25, 0.3) is 0 Å². The summed E-state index contributed by atoms with van der Waals surface area (Å²) in [6, 6.07) is 6.35. The SMILES string of the molecule is CC[NH+](CC)CCCCCCOc1ccc(C)c(C)c1. The van der Waals surface area contributed by atoms with E-state index >= 15 is 0 Å². The highest BCUT2D eigenvalue weighted by Gasteiger charge is 2.01. The summed E-state index contributed by atoms with van der Waals surface area (Å²) in [7, 11) is 0. The fourth-order valence-electron chi connectivity index (χ4n) is 2.43. The van der Waals surface area contributed by atoms with Gasteiger partial charge in [-0.2, -0.15) is 0 Å². The van der Waals surface area contributed by atoms with E-state index in [1.54, 1.807) is 4.90 Å². The Morgan fingerprint density at radius 1 is 0.900 bits per heavy atom. The van der Waals surface area contributed by atoms with Crippen LogP contribution in [0.3, 0.4) is 0 Å². The van der Waals surface area contributed by atoms with Crippen LogP contribution in [0.25, 0.3) is 0 Å². The van der Waals surface area contributed by atoms with Crippen molar-refractivity contribution in [2.45, 2.75) is 53.4 Å². The lowest BCUT2D eigenvalue weighted by Crippen LogP contribution is -3.11. The van der Waals surface area contributed by atoms with Crippen molar-refractivity contribution in [3.63, 3.8) is 0 Å². The smallest absolute Gasteiger partial charge is 0.119 e. The summed E-state index contributed by atoms with van der Waals surface area (Å²) in [4.78, 5) is 1.72. The van der Waals surface area contributed by atoms with E-state index < -0.39 is 0 Å². The molecule has 0 fully saturated rings. The van der Waals surface area contributed by atoms with Gasteiger partial charge in [-0.25, -0.2) is 0 Å². The van der Waals surface area contributed by atoms with Crippen molar-refractivity contribution in [1.82, 2.24) is 0 Å². The summed E-state index contributed by atoms with van der Waals surface area (Å²) in [5, 5.41) is 0. The van der Waals surface area contributed by atoms with Gasteiger partial charge >= 0.3 is 0 Å². The molecule has 0 saturated carbocycles. The Morgan fingerprint density at radius 2 is 1.60 bits per heavy atom. The molecule has 0 radical (unpaired) electrons. The van der Waals surface area contributed by atoms with Gasteiger partial charge in [0.15, 0.2) is 0 Å². The Bertz CT molecular complexity index is 372. The summed E-state index contributed by atoms with van der Waals surface area (Å²) >= 11 is 0. The molecule has 1 aromatic rings. The van der Waals surface area contributed by atoms with Crippen molar-refractivity contribution in [3.05, 3.63) is 29.3 Å². The number of aryl methyl sites for hydroxylation is 2. The molecule has 0 aliphatic rings. The molecule has 1 N–H and O–H groups in total. The first-order valence-electron chi connectivity index (χ1n) is 8.21. The quantitative estimate of drug-likeness (QED) is 0.649. The van der Waals surface area contributed by atoms with Crippen LogP contribution in [-0.4, -0.2) is 26.2 Å². The molecular formula is C18H32NO+. The number of nitrogens with one attached hydrogen (secondary N) is 1. The number of hydrogen-bond donors (Lipinski definition) is 1. The number of benzene rings is 1. The Kier molecular flexibility index (Phi) is 8.36. The molecule has 0 aliphatic carbocycles. The van der Waals surface area contributed by atoms with Gasteiger partial charge in [-0.1, -0.05) is 6.07 Å². The van der Waals surface area contributed by atoms with E-state index in [1.807, 2.05) is 0 Å². The molecule has 20 heavy (non-hydrogen) atoms. The molecule has 0 atom stereocenters. The molecule has 2 heteroatoms. The maximum Gasteiger partial charge on any atom is 0.119 e. The lowest BCUT2D eigenvalue weighted by Gasteiger charge is -2.14. The molecule has 0 aliphatic heterocycles. The zero-order valence-corrected chi connectivity index (χ0v) is 13.8. The van der Waals surface area contributed by atoms with E-state index in [9.17, 15) is 0 Å². The van der Waals surface area contributed by atoms with Crippen molar-refractivity contribution >= 4 is 0 Å². The standard InChI is InChI=1S/C18H31NO/c1-5-19(6-2)13-9-7-8-10-14-20-18-12-11-16(3)17(4)15-18/h11-12,15H,5-10,13-14H2,1-4H3/p+1. The lowest BCUT2D eigenvalue weighted by molar-refractivity contribution is -0.896. The maximum atomic E-state index is 5.81. The van der Waals surface area contributed by atoms with E-state index in [0.29, 0.717) is 0 Å². The normalized spacial score (nSPS) is 11.1. The highest BCUT2D eigenvalue weighted by atomic mass is 16.5. The number of unbranched alkanes of at least 4 members (excludes halogenated alkanes) is 3. The first-order valence-corrected chi connectivity index (χ1v) is 8.21. The van der Waals surface area contributed by atoms with Crippen LogP contribution < -0.4 is 9.64 Å². The zero-order chi connectivity index (χ0) is 14.8. The monoisotopic (exact) mass is 278 g/mol. The second-order valence-electron chi connectivity index (χ2n) is 5.72. The van der Waals surface area contributed by atoms with Crippen LogP contribution in [0.2, 0.25) is 0 Å². The fourth-order valence-corrected chi connectivity index (χ4v) is 2.43. The minimum absolute atomic E-state index is 0.848. The average Bonchev–Trinajstić information content (AvgIpc) is 2.46. The largest absolute Gasteiger partial charge is 0.494 e. The Morgan fingerprint density at radius 3 is 2.25 bits per heavy atom. The molecule has 1 aromatic carbocycles. The summed E-state index contributed by atoms with van der Waals surface area (Å²) in [5.74, 6) is 1.01. The van der Waals surface area contributed by atoms with Crippen LogP contribution >= 0.6 is 0 Å². The van der Waals surface area contributed by atoms with Gasteiger partial charge in [0.05, 0.1) is 26.2 Å². The average molecular weight is 278 g/mol. The van der Waals surface area contributed by atoms with Crippen LogP contribution in [0.4, 0.5) is 0 Å². The molecule has 0 aromatic heterocycles. The van der Waals surface area contributed by atoms with Crippen molar-refractivity contribution in [2.75, 3.05) is 26.2 Å². The van der Waals surface area contributed by atoms with Crippen LogP contribution in [0.1, 0.15) is 50.7 Å². The predicted octanol–water partition coefficient (Wildman–Crippen LogP) is 3.17. The lowest BCUT2D eigenvalue weighted by atomic mass is 10.1. The van der Waals surface area contributed by atoms with Gasteiger partial charge in [0, 0.05) is 0 Å². The van der Waals surface area contributed by atoms with E-state index in [-0.39, 0.29) is 0 Å². The maximum absolute atomic E-state index is 5.81. The van der Waals surface area contributed by atoms with Gasteiger partial charge in [-0.3, -0.25) is 0 Å². The van der Waals surface area contributed by atoms with Crippen molar-refractivity contribution in [3.8, 4) is 5.75 Å². The molecule has 0 saturated heterocycles. The van der Waals surface area contributed by atoms with Crippen molar-refractivity contribution < 1.29 is 9.64 Å². The van der Waals surface area contributed by atoms with Crippen molar-refractivity contribution in [1.29, 1.82) is 0 Å². The first kappa shape index (κ1) is 17.0. The molecule has 114 valence electrons. The minimum atomic E-state index is 0.848. The molecule has 0 spiro atoms. The third-order valence-electron chi connectivity index (χ3n) is 4.17. The third kappa shape index (κ3) is 6.42. The molecule has 1 rings (SSSR count). The van der Waals surface area contributed by atoms with E-state index in [4.69, 9.17) is 4.74 Å². The number of ether oxygens (including phenoxy) is 1. The highest BCUT2D eigenvalue weighted by molar-refractivity contribution is 5.33. The van der Waals surface area contributed by atoms with Gasteiger partial charge in [0.2, 0.25) is 0 Å². The van der Waals surface area contributed by atoms with Crippen molar-refractivity contribution in [2.24, 2.45) is 0 Å². The number of rotatable bonds is 10. The minimum Gasteiger partial charge on any atom is -0.494 e. The summed E-state index contributed by atoms with van der Waals surface area (Å²) in [6.45, 7) is 13.5. The highest BCUT2D eigenvalue weighted by Crippen LogP contribution is 2.16. The second-order valence-corrected chi connectivity index (χ2v) is 5.72. The first-order chi connectivity index (χ1) is 9.67. The van der Waals surface area contributed by atoms with E-state index in [1.165, 1.54) is 56.4 Å². The summed E-state index contributed by atoms with van der Waals surface area (Å²) in [6.07, 6.45) is 5.13. The van der Waals surface area contributed by atoms with E-state index in [2.05, 4.69) is 45.9 Å². The number of hydrogen-bond acceptors (Lipinski definition) is 1. The Labute approximate surface area is 125 Å². The predicted molar refractivity (Wildman–Crippen MR) is 86.8 cm³/mol. The van der Waals surface area contributed by atoms with Gasteiger partial charge < -0.3 is 9.64 Å². The summed E-state index contributed by atoms with van der Waals surface area (Å²) < 4.78 is 5.81. The van der Waals surface area contributed by atoms with Gasteiger partial charge in [-0.05, 0) is 76.6 Å². The molecule has 0 bridgehead atoms. The second kappa shape index (κ2) is 9.82. The Balaban J connectivity index is 2.06. The van der Waals surface area contributed by atoms with Crippen LogP contribution in [-0.2, 0) is 0 Å². The molecule has 0 unspecified atom stereocenters. The summed E-state index contributed by atoms with van der Waals surface area (Å²) in [5.41, 5.74) is 2.64. The fraction of sp³-hybridized carbons (Fsp3) is 0.667. The zero-order valence-electron chi connectivity index (χ0n) is 13.8. The van der Waals surface area contributed by atoms with Crippen LogP contribution in [0.15, 0.2) is 18.2 Å². The topological polar surface area (TPSA) is 13.7 Å². The molecule has 0 heterocycles. The van der Waals surface area contributed by atoms with Crippen LogP contribution in [0.5, 0.6) is 5.75 Å². The Hall–Kier alpha value is -1.02. The van der Waals surface area contributed by atoms with Gasteiger partial charge in [0.1, 0.15) is 5.75 Å². The molecular weight excluding hydrogens is 246 g/mol. The van der Waals surface area contributed by atoms with Gasteiger partial charge in [-0.15, -0.1) is 0 Å². The number of quaternary nitrogens is 1.